The van der Waals surface area contributed by atoms with E-state index in [1.165, 1.54) is 24.4 Å². The third-order valence-electron chi connectivity index (χ3n) is 4.10. The number of hydrogen-bond donors (Lipinski definition) is 2. The van der Waals surface area contributed by atoms with Crippen molar-refractivity contribution < 1.29 is 13.9 Å². The van der Waals surface area contributed by atoms with Crippen LogP contribution in [0.2, 0.25) is 0 Å². The molecular formula is C22H16FN3O2. The molecule has 0 aliphatic carbocycles. The fraction of sp³-hybridized carbons (Fsp3) is 0. The number of benzene rings is 2. The number of aromatic amines is 1. The lowest BCUT2D eigenvalue weighted by atomic mass is 10.2. The molecule has 2 aromatic carbocycles. The van der Waals surface area contributed by atoms with Gasteiger partial charge >= 0.3 is 0 Å². The molecule has 0 saturated carbocycles. The van der Waals surface area contributed by atoms with Crippen LogP contribution in [0.5, 0.6) is 11.5 Å². The predicted molar refractivity (Wildman–Crippen MR) is 107 cm³/mol. The first-order chi connectivity index (χ1) is 13.7. The van der Waals surface area contributed by atoms with Crippen molar-refractivity contribution in [2.75, 3.05) is 5.32 Å². The summed E-state index contributed by atoms with van der Waals surface area (Å²) in [4.78, 5) is 19.2. The third-order valence-corrected chi connectivity index (χ3v) is 4.10. The van der Waals surface area contributed by atoms with E-state index in [9.17, 15) is 9.18 Å². The molecule has 138 valence electrons. The largest absolute Gasteiger partial charge is 0.453 e. The van der Waals surface area contributed by atoms with E-state index >= 15 is 0 Å². The van der Waals surface area contributed by atoms with Gasteiger partial charge in [-0.2, -0.15) is 0 Å². The Morgan fingerprint density at radius 2 is 2.07 bits per heavy atom. The van der Waals surface area contributed by atoms with Crippen molar-refractivity contribution in [1.29, 1.82) is 0 Å². The van der Waals surface area contributed by atoms with E-state index in [2.05, 4.69) is 15.3 Å². The number of nitrogens with zero attached hydrogens (tertiary/aromatic N) is 1. The molecule has 0 bridgehead atoms. The number of ether oxygens (including phenoxy) is 1. The molecule has 0 atom stereocenters. The molecule has 0 radical (unpaired) electrons. The van der Waals surface area contributed by atoms with Crippen molar-refractivity contribution in [3.05, 3.63) is 90.6 Å². The first-order valence-electron chi connectivity index (χ1n) is 8.62. The average molecular weight is 373 g/mol. The van der Waals surface area contributed by atoms with E-state index in [1.54, 1.807) is 30.5 Å². The first-order valence-corrected chi connectivity index (χ1v) is 8.62. The van der Waals surface area contributed by atoms with Crippen LogP contribution < -0.4 is 10.1 Å². The smallest absolute Gasteiger partial charge is 0.248 e. The minimum atomic E-state index is -0.525. The number of anilines is 1. The summed E-state index contributed by atoms with van der Waals surface area (Å²) < 4.78 is 19.7. The SMILES string of the molecule is O=C(/C=C/c1ccc(Oc2cccnc2)c(F)c1)Nc1cccc2[nH]ccc12. The van der Waals surface area contributed by atoms with Gasteiger partial charge in [0.15, 0.2) is 11.6 Å². The highest BCUT2D eigenvalue weighted by Crippen LogP contribution is 2.25. The number of fused-ring (bicyclic) bond motifs is 1. The molecule has 4 aromatic rings. The van der Waals surface area contributed by atoms with Gasteiger partial charge in [0.05, 0.1) is 11.9 Å². The van der Waals surface area contributed by atoms with Crippen LogP contribution in [0, 0.1) is 5.82 Å². The first kappa shape index (κ1) is 17.5. The highest BCUT2D eigenvalue weighted by atomic mass is 19.1. The quantitative estimate of drug-likeness (QED) is 0.476. The van der Waals surface area contributed by atoms with Crippen LogP contribution in [0.1, 0.15) is 5.56 Å². The zero-order valence-electron chi connectivity index (χ0n) is 14.7. The van der Waals surface area contributed by atoms with Crippen molar-refractivity contribution >= 4 is 28.6 Å². The van der Waals surface area contributed by atoms with Crippen LogP contribution in [-0.4, -0.2) is 15.9 Å². The van der Waals surface area contributed by atoms with Crippen LogP contribution in [0.3, 0.4) is 0 Å². The van der Waals surface area contributed by atoms with Gasteiger partial charge in [0, 0.05) is 29.4 Å². The normalized spacial score (nSPS) is 11.0. The number of carbonyl (C=O) groups is 1. The standard InChI is InChI=1S/C22H16FN3O2/c23-18-13-15(6-8-21(18)28-16-3-2-11-24-14-16)7-9-22(27)26-20-5-1-4-19-17(20)10-12-25-19/h1-14,25H,(H,26,27)/b9-7+. The van der Waals surface area contributed by atoms with Gasteiger partial charge in [-0.05, 0) is 54.1 Å². The average Bonchev–Trinajstić information content (AvgIpc) is 3.19. The number of aromatic nitrogens is 2. The van der Waals surface area contributed by atoms with Crippen molar-refractivity contribution in [1.82, 2.24) is 9.97 Å². The minimum absolute atomic E-state index is 0.0914. The van der Waals surface area contributed by atoms with Gasteiger partial charge < -0.3 is 15.0 Å². The Balaban J connectivity index is 1.45. The summed E-state index contributed by atoms with van der Waals surface area (Å²) in [5.74, 6) is -0.287. The molecule has 0 aliphatic rings. The second-order valence-electron chi connectivity index (χ2n) is 6.05. The van der Waals surface area contributed by atoms with E-state index in [0.717, 1.165) is 10.9 Å². The van der Waals surface area contributed by atoms with E-state index in [4.69, 9.17) is 4.74 Å². The molecule has 0 fully saturated rings. The zero-order chi connectivity index (χ0) is 19.3. The van der Waals surface area contributed by atoms with Gasteiger partial charge in [-0.25, -0.2) is 4.39 Å². The van der Waals surface area contributed by atoms with Crippen LogP contribution in [0.4, 0.5) is 10.1 Å². The third kappa shape index (κ3) is 3.91. The Bertz CT molecular complexity index is 1150. The summed E-state index contributed by atoms with van der Waals surface area (Å²) >= 11 is 0. The summed E-state index contributed by atoms with van der Waals surface area (Å²) in [6, 6.07) is 15.4. The number of nitrogens with one attached hydrogen (secondary N) is 2. The summed E-state index contributed by atoms with van der Waals surface area (Å²) in [7, 11) is 0. The molecule has 28 heavy (non-hydrogen) atoms. The van der Waals surface area contributed by atoms with E-state index in [-0.39, 0.29) is 11.7 Å². The second kappa shape index (κ2) is 7.75. The lowest BCUT2D eigenvalue weighted by molar-refractivity contribution is -0.111. The Labute approximate surface area is 160 Å². The Morgan fingerprint density at radius 3 is 2.89 bits per heavy atom. The summed E-state index contributed by atoms with van der Waals surface area (Å²) in [5, 5.41) is 3.75. The molecule has 2 aromatic heterocycles. The van der Waals surface area contributed by atoms with Crippen molar-refractivity contribution in [2.24, 2.45) is 0 Å². The molecule has 4 rings (SSSR count). The Hall–Kier alpha value is -3.93. The lowest BCUT2D eigenvalue weighted by Gasteiger charge is -2.07. The van der Waals surface area contributed by atoms with Crippen LogP contribution in [0.15, 0.2) is 79.3 Å². The predicted octanol–water partition coefficient (Wildman–Crippen LogP) is 5.15. The van der Waals surface area contributed by atoms with Crippen LogP contribution in [0.25, 0.3) is 17.0 Å². The molecule has 0 aliphatic heterocycles. The summed E-state index contributed by atoms with van der Waals surface area (Å²) in [6.45, 7) is 0. The monoisotopic (exact) mass is 373 g/mol. The number of pyridine rings is 1. The second-order valence-corrected chi connectivity index (χ2v) is 6.05. The van der Waals surface area contributed by atoms with Crippen molar-refractivity contribution in [3.8, 4) is 11.5 Å². The van der Waals surface area contributed by atoms with Crippen LogP contribution in [-0.2, 0) is 4.79 Å². The Morgan fingerprint density at radius 1 is 1.14 bits per heavy atom. The molecule has 5 nitrogen and oxygen atoms in total. The van der Waals surface area contributed by atoms with Gasteiger partial charge in [0.1, 0.15) is 5.75 Å². The van der Waals surface area contributed by atoms with Gasteiger partial charge in [-0.1, -0.05) is 12.1 Å². The summed E-state index contributed by atoms with van der Waals surface area (Å²) in [5.41, 5.74) is 2.19. The topological polar surface area (TPSA) is 67.0 Å². The highest BCUT2D eigenvalue weighted by molar-refractivity contribution is 6.07. The summed E-state index contributed by atoms with van der Waals surface area (Å²) in [6.07, 6.45) is 7.83. The molecule has 0 unspecified atom stereocenters. The van der Waals surface area contributed by atoms with Gasteiger partial charge in [0.2, 0.25) is 5.91 Å². The van der Waals surface area contributed by atoms with E-state index < -0.39 is 5.82 Å². The van der Waals surface area contributed by atoms with Gasteiger partial charge in [-0.15, -0.1) is 0 Å². The maximum absolute atomic E-state index is 14.3. The lowest BCUT2D eigenvalue weighted by Crippen LogP contribution is -2.07. The zero-order valence-corrected chi connectivity index (χ0v) is 14.7. The van der Waals surface area contributed by atoms with Crippen molar-refractivity contribution in [3.63, 3.8) is 0 Å². The number of carbonyl (C=O) groups excluding carboxylic acids is 1. The highest BCUT2D eigenvalue weighted by Gasteiger charge is 2.07. The molecule has 2 heterocycles. The molecule has 0 saturated heterocycles. The maximum atomic E-state index is 14.3. The van der Waals surface area contributed by atoms with Gasteiger partial charge in [-0.3, -0.25) is 9.78 Å². The number of halogens is 1. The fourth-order valence-corrected chi connectivity index (χ4v) is 2.78. The number of hydrogen-bond acceptors (Lipinski definition) is 3. The number of rotatable bonds is 5. The minimum Gasteiger partial charge on any atom is -0.453 e. The van der Waals surface area contributed by atoms with Crippen molar-refractivity contribution in [2.45, 2.75) is 0 Å². The molecule has 0 spiro atoms. The van der Waals surface area contributed by atoms with E-state index in [1.807, 2.05) is 30.5 Å². The molecule has 1 amide bonds. The number of amides is 1. The number of H-pyrrole nitrogens is 1. The van der Waals surface area contributed by atoms with Gasteiger partial charge in [0.25, 0.3) is 0 Å². The Kier molecular flexibility index (Phi) is 4.84. The fourth-order valence-electron chi connectivity index (χ4n) is 2.78. The van der Waals surface area contributed by atoms with Crippen LogP contribution >= 0.6 is 0 Å². The molecule has 2 N–H and O–H groups in total. The maximum Gasteiger partial charge on any atom is 0.248 e. The van der Waals surface area contributed by atoms with E-state index in [0.29, 0.717) is 17.0 Å². The molecule has 6 heteroatoms. The molecular weight excluding hydrogens is 357 g/mol.